The maximum Gasteiger partial charge on any atom is 0.416 e. The van der Waals surface area contributed by atoms with Gasteiger partial charge in [-0.25, -0.2) is 4.79 Å². The summed E-state index contributed by atoms with van der Waals surface area (Å²) < 4.78 is 36.4. The molecule has 0 fully saturated rings. The molecular weight excluding hydrogens is 209 g/mol. The first-order valence-electron chi connectivity index (χ1n) is 3.98. The minimum Gasteiger partial charge on any atom is -0.478 e. The van der Waals surface area contributed by atoms with Crippen LogP contribution in [0.1, 0.15) is 11.1 Å². The lowest BCUT2D eigenvalue weighted by Gasteiger charge is -2.05. The van der Waals surface area contributed by atoms with Crippen molar-refractivity contribution in [3.8, 4) is 0 Å². The van der Waals surface area contributed by atoms with Crippen molar-refractivity contribution in [1.82, 2.24) is 0 Å². The first-order valence-corrected chi connectivity index (χ1v) is 3.98. The minimum absolute atomic E-state index is 0.408. The van der Waals surface area contributed by atoms with E-state index in [0.29, 0.717) is 5.56 Å². The van der Waals surface area contributed by atoms with Crippen LogP contribution in [0, 0.1) is 0 Å². The Bertz CT molecular complexity index is 377. The van der Waals surface area contributed by atoms with Gasteiger partial charge in [0.25, 0.3) is 0 Å². The summed E-state index contributed by atoms with van der Waals surface area (Å²) in [5.74, 6) is -1.14. The van der Waals surface area contributed by atoms with Crippen LogP contribution >= 0.6 is 0 Å². The predicted molar refractivity (Wildman–Crippen MR) is 48.1 cm³/mol. The van der Waals surface area contributed by atoms with Crippen LogP contribution in [0.4, 0.5) is 13.2 Å². The van der Waals surface area contributed by atoms with E-state index in [9.17, 15) is 18.0 Å². The fourth-order valence-corrected chi connectivity index (χ4v) is 0.951. The Balaban J connectivity index is 2.86. The highest BCUT2D eigenvalue weighted by Gasteiger charge is 2.29. The summed E-state index contributed by atoms with van der Waals surface area (Å²) in [4.78, 5) is 10.1. The number of carbonyl (C=O) groups is 1. The van der Waals surface area contributed by atoms with Gasteiger partial charge in [-0.1, -0.05) is 12.1 Å². The van der Waals surface area contributed by atoms with Gasteiger partial charge in [0, 0.05) is 6.08 Å². The molecule has 80 valence electrons. The van der Waals surface area contributed by atoms with Crippen LogP contribution < -0.4 is 0 Å². The Hall–Kier alpha value is -1.78. The minimum atomic E-state index is -4.37. The zero-order valence-electron chi connectivity index (χ0n) is 7.45. The number of alkyl halides is 3. The van der Waals surface area contributed by atoms with Crippen LogP contribution in [0.2, 0.25) is 0 Å². The lowest BCUT2D eigenvalue weighted by atomic mass is 10.1. The lowest BCUT2D eigenvalue weighted by Crippen LogP contribution is -2.03. The molecule has 1 aromatic rings. The van der Waals surface area contributed by atoms with Crippen LogP contribution in [0.25, 0.3) is 6.08 Å². The highest BCUT2D eigenvalue weighted by molar-refractivity contribution is 5.85. The van der Waals surface area contributed by atoms with Gasteiger partial charge in [0.1, 0.15) is 0 Å². The van der Waals surface area contributed by atoms with Crippen molar-refractivity contribution in [1.29, 1.82) is 0 Å². The van der Waals surface area contributed by atoms with Crippen LogP contribution in [-0.2, 0) is 11.0 Å². The van der Waals surface area contributed by atoms with Gasteiger partial charge in [0.2, 0.25) is 0 Å². The van der Waals surface area contributed by atoms with Gasteiger partial charge < -0.3 is 5.11 Å². The number of halogens is 3. The molecule has 0 aliphatic heterocycles. The van der Waals surface area contributed by atoms with E-state index in [-0.39, 0.29) is 0 Å². The summed E-state index contributed by atoms with van der Waals surface area (Å²) in [6.45, 7) is 0. The van der Waals surface area contributed by atoms with Gasteiger partial charge >= 0.3 is 12.1 Å². The van der Waals surface area contributed by atoms with E-state index in [1.54, 1.807) is 0 Å². The Morgan fingerprint density at radius 1 is 1.20 bits per heavy atom. The summed E-state index contributed by atoms with van der Waals surface area (Å²) in [6, 6.07) is 4.23. The molecule has 0 bridgehead atoms. The second kappa shape index (κ2) is 4.16. The quantitative estimate of drug-likeness (QED) is 0.772. The molecule has 0 atom stereocenters. The second-order valence-corrected chi connectivity index (χ2v) is 2.79. The van der Waals surface area contributed by atoms with Crippen molar-refractivity contribution in [3.63, 3.8) is 0 Å². The van der Waals surface area contributed by atoms with Gasteiger partial charge in [0.05, 0.1) is 5.56 Å². The topological polar surface area (TPSA) is 37.3 Å². The summed E-state index contributed by atoms with van der Waals surface area (Å²) in [5.41, 5.74) is -0.347. The van der Waals surface area contributed by atoms with Gasteiger partial charge in [-0.15, -0.1) is 0 Å². The standard InChI is InChI=1S/C10H7F3O2/c11-10(12,13)8-4-1-7(2-5-8)3-6-9(14)15/h1-6H,(H,14,15)/b6-3-. The SMILES string of the molecule is O=C(O)/C=C\c1ccc(C(F)(F)F)cc1. The van der Waals surface area contributed by atoms with Gasteiger partial charge in [-0.05, 0) is 23.8 Å². The molecule has 1 N–H and O–H groups in total. The summed E-state index contributed by atoms with van der Waals surface area (Å²) in [6.07, 6.45) is -2.28. The average molecular weight is 216 g/mol. The Morgan fingerprint density at radius 3 is 2.13 bits per heavy atom. The molecule has 0 aliphatic rings. The van der Waals surface area contributed by atoms with Crippen LogP contribution in [0.5, 0.6) is 0 Å². The molecule has 5 heteroatoms. The Kier molecular flexibility index (Phi) is 3.14. The highest BCUT2D eigenvalue weighted by atomic mass is 19.4. The molecule has 0 heterocycles. The molecule has 2 nitrogen and oxygen atoms in total. The van der Waals surface area contributed by atoms with Crippen LogP contribution in [0.15, 0.2) is 30.3 Å². The first kappa shape index (κ1) is 11.3. The third-order valence-electron chi connectivity index (χ3n) is 1.66. The van der Waals surface area contributed by atoms with Crippen molar-refractivity contribution in [3.05, 3.63) is 41.5 Å². The van der Waals surface area contributed by atoms with Crippen LogP contribution in [0.3, 0.4) is 0 Å². The zero-order chi connectivity index (χ0) is 11.5. The van der Waals surface area contributed by atoms with Gasteiger partial charge in [-0.2, -0.15) is 13.2 Å². The Morgan fingerprint density at radius 2 is 1.73 bits per heavy atom. The number of carboxylic acid groups (broad SMARTS) is 1. The molecule has 0 unspecified atom stereocenters. The highest BCUT2D eigenvalue weighted by Crippen LogP contribution is 2.29. The third kappa shape index (κ3) is 3.46. The molecular formula is C10H7F3O2. The second-order valence-electron chi connectivity index (χ2n) is 2.79. The van der Waals surface area contributed by atoms with Crippen LogP contribution in [-0.4, -0.2) is 11.1 Å². The molecule has 0 aromatic heterocycles. The van der Waals surface area contributed by atoms with E-state index >= 15 is 0 Å². The number of carboxylic acids is 1. The fraction of sp³-hybridized carbons (Fsp3) is 0.100. The molecule has 0 spiro atoms. The summed E-state index contributed by atoms with van der Waals surface area (Å²) >= 11 is 0. The number of hydrogen-bond donors (Lipinski definition) is 1. The van der Waals surface area contributed by atoms with Crippen molar-refractivity contribution >= 4 is 12.0 Å². The molecule has 15 heavy (non-hydrogen) atoms. The third-order valence-corrected chi connectivity index (χ3v) is 1.66. The summed E-state index contributed by atoms with van der Waals surface area (Å²) in [7, 11) is 0. The van der Waals surface area contributed by atoms with E-state index < -0.39 is 17.7 Å². The van der Waals surface area contributed by atoms with E-state index in [1.807, 2.05) is 0 Å². The number of aliphatic carboxylic acids is 1. The molecule has 0 amide bonds. The van der Waals surface area contributed by atoms with Crippen molar-refractivity contribution in [2.24, 2.45) is 0 Å². The average Bonchev–Trinajstić information content (AvgIpc) is 2.14. The van der Waals surface area contributed by atoms with E-state index in [1.165, 1.54) is 18.2 Å². The van der Waals surface area contributed by atoms with E-state index in [2.05, 4.69) is 0 Å². The first-order chi connectivity index (χ1) is 6.89. The molecule has 0 saturated heterocycles. The molecule has 1 rings (SSSR count). The summed E-state index contributed by atoms with van der Waals surface area (Å²) in [5, 5.41) is 8.29. The number of rotatable bonds is 2. The zero-order valence-corrected chi connectivity index (χ0v) is 7.45. The van der Waals surface area contributed by atoms with E-state index in [4.69, 9.17) is 5.11 Å². The van der Waals surface area contributed by atoms with Crippen molar-refractivity contribution < 1.29 is 23.1 Å². The molecule has 0 aliphatic carbocycles. The van der Waals surface area contributed by atoms with E-state index in [0.717, 1.165) is 18.2 Å². The molecule has 0 radical (unpaired) electrons. The normalized spacial score (nSPS) is 11.9. The number of hydrogen-bond acceptors (Lipinski definition) is 1. The monoisotopic (exact) mass is 216 g/mol. The molecule has 1 aromatic carbocycles. The van der Waals surface area contributed by atoms with Gasteiger partial charge in [0.15, 0.2) is 0 Å². The largest absolute Gasteiger partial charge is 0.478 e. The van der Waals surface area contributed by atoms with Crippen molar-refractivity contribution in [2.75, 3.05) is 0 Å². The Labute approximate surface area is 83.7 Å². The predicted octanol–water partition coefficient (Wildman–Crippen LogP) is 2.80. The smallest absolute Gasteiger partial charge is 0.416 e. The fourth-order valence-electron chi connectivity index (χ4n) is 0.951. The maximum absolute atomic E-state index is 12.1. The lowest BCUT2D eigenvalue weighted by molar-refractivity contribution is -0.137. The maximum atomic E-state index is 12.1. The van der Waals surface area contributed by atoms with Crippen molar-refractivity contribution in [2.45, 2.75) is 6.18 Å². The van der Waals surface area contributed by atoms with Gasteiger partial charge in [-0.3, -0.25) is 0 Å². The number of benzene rings is 1. The molecule has 0 saturated carbocycles.